The second kappa shape index (κ2) is 7.54. The highest BCUT2D eigenvalue weighted by molar-refractivity contribution is 6.13. The van der Waals surface area contributed by atoms with Crippen molar-refractivity contribution in [2.45, 2.75) is 19.4 Å². The molecule has 1 N–H and O–H groups in total. The Kier molecular flexibility index (Phi) is 5.19. The van der Waals surface area contributed by atoms with Crippen LogP contribution in [0.4, 0.5) is 5.69 Å². The number of carbonyl (C=O) groups excluding carboxylic acids is 1. The molecule has 0 unspecified atom stereocenters. The summed E-state index contributed by atoms with van der Waals surface area (Å²) in [6, 6.07) is 23.5. The van der Waals surface area contributed by atoms with Crippen molar-refractivity contribution in [3.63, 3.8) is 0 Å². The largest absolute Gasteiger partial charge is 0.373 e. The second-order valence-corrected chi connectivity index (χ2v) is 6.65. The van der Waals surface area contributed by atoms with Crippen molar-refractivity contribution in [1.29, 1.82) is 0 Å². The summed E-state index contributed by atoms with van der Waals surface area (Å²) in [5.41, 5.74) is 1.68. The molecule has 26 heavy (non-hydrogen) atoms. The molecule has 0 aromatic heterocycles. The van der Waals surface area contributed by atoms with Crippen LogP contribution in [0.3, 0.4) is 0 Å². The molecular formula is C23H23NO2. The maximum absolute atomic E-state index is 13.0. The highest BCUT2D eigenvalue weighted by Crippen LogP contribution is 2.25. The molecule has 3 aromatic rings. The molecule has 0 saturated carbocycles. The summed E-state index contributed by atoms with van der Waals surface area (Å²) < 4.78 is 5.61. The van der Waals surface area contributed by atoms with Crippen LogP contribution in [0.2, 0.25) is 0 Å². The summed E-state index contributed by atoms with van der Waals surface area (Å²) >= 11 is 0. The number of rotatable bonds is 6. The van der Waals surface area contributed by atoms with E-state index in [-0.39, 0.29) is 5.78 Å². The molecule has 0 amide bonds. The maximum atomic E-state index is 13.0. The van der Waals surface area contributed by atoms with Gasteiger partial charge in [0.25, 0.3) is 0 Å². The van der Waals surface area contributed by atoms with E-state index in [2.05, 4.69) is 5.32 Å². The molecule has 3 rings (SSSR count). The van der Waals surface area contributed by atoms with Gasteiger partial charge in [0.05, 0.1) is 5.70 Å². The van der Waals surface area contributed by atoms with E-state index in [1.165, 1.54) is 0 Å². The third-order valence-corrected chi connectivity index (χ3v) is 4.54. The van der Waals surface area contributed by atoms with Gasteiger partial charge in [0.15, 0.2) is 5.78 Å². The van der Waals surface area contributed by atoms with Gasteiger partial charge in [-0.2, -0.15) is 0 Å². The predicted molar refractivity (Wildman–Crippen MR) is 108 cm³/mol. The number of methoxy groups -OCH3 is 1. The van der Waals surface area contributed by atoms with Gasteiger partial charge < -0.3 is 10.1 Å². The van der Waals surface area contributed by atoms with Crippen molar-refractivity contribution in [2.24, 2.45) is 0 Å². The molecule has 0 spiro atoms. The minimum atomic E-state index is -0.629. The SMILES string of the molecule is COC(C)(C)/C(=C/C(=O)c1cccc2ccccc12)Nc1ccccc1. The first-order chi connectivity index (χ1) is 12.5. The molecule has 0 fully saturated rings. The number of anilines is 1. The molecule has 3 heteroatoms. The lowest BCUT2D eigenvalue weighted by atomic mass is 9.97. The average Bonchev–Trinajstić information content (AvgIpc) is 2.67. The second-order valence-electron chi connectivity index (χ2n) is 6.65. The molecule has 3 nitrogen and oxygen atoms in total. The minimum Gasteiger partial charge on any atom is -0.373 e. The van der Waals surface area contributed by atoms with E-state index in [9.17, 15) is 4.79 Å². The Balaban J connectivity index is 2.02. The highest BCUT2D eigenvalue weighted by Gasteiger charge is 2.24. The predicted octanol–water partition coefficient (Wildman–Crippen LogP) is 5.44. The quantitative estimate of drug-likeness (QED) is 0.477. The number of hydrogen-bond donors (Lipinski definition) is 1. The number of carbonyl (C=O) groups is 1. The van der Waals surface area contributed by atoms with Crippen molar-refractivity contribution < 1.29 is 9.53 Å². The zero-order valence-electron chi connectivity index (χ0n) is 15.3. The summed E-state index contributed by atoms with van der Waals surface area (Å²) in [5, 5.41) is 5.33. The standard InChI is InChI=1S/C23H23NO2/c1-23(2,26-3)22(24-18-12-5-4-6-13-18)16-21(25)20-15-9-11-17-10-7-8-14-19(17)20/h4-16,24H,1-3H3/b22-16-. The smallest absolute Gasteiger partial charge is 0.188 e. The Bertz CT molecular complexity index is 937. The van der Waals surface area contributed by atoms with Crippen molar-refractivity contribution in [1.82, 2.24) is 0 Å². The molecule has 0 aliphatic heterocycles. The van der Waals surface area contributed by atoms with Gasteiger partial charge in [-0.3, -0.25) is 4.79 Å². The number of ether oxygens (including phenoxy) is 1. The number of benzene rings is 3. The summed E-state index contributed by atoms with van der Waals surface area (Å²) in [7, 11) is 1.64. The lowest BCUT2D eigenvalue weighted by Gasteiger charge is -2.27. The first-order valence-corrected chi connectivity index (χ1v) is 8.63. The van der Waals surface area contributed by atoms with Crippen LogP contribution in [0.25, 0.3) is 10.8 Å². The molecule has 0 aliphatic rings. The van der Waals surface area contributed by atoms with Gasteiger partial charge in [0.2, 0.25) is 0 Å². The third kappa shape index (κ3) is 3.84. The molecule has 132 valence electrons. The molecule has 3 aromatic carbocycles. The molecular weight excluding hydrogens is 322 g/mol. The van der Waals surface area contributed by atoms with Crippen LogP contribution in [-0.2, 0) is 4.74 Å². The number of nitrogens with one attached hydrogen (secondary N) is 1. The Morgan fingerprint density at radius 2 is 1.58 bits per heavy atom. The minimum absolute atomic E-state index is 0.0506. The number of allylic oxidation sites excluding steroid dienone is 1. The van der Waals surface area contributed by atoms with Gasteiger partial charge in [-0.05, 0) is 36.8 Å². The summed E-state index contributed by atoms with van der Waals surface area (Å²) in [4.78, 5) is 13.0. The summed E-state index contributed by atoms with van der Waals surface area (Å²) in [6.45, 7) is 3.87. The monoisotopic (exact) mass is 345 g/mol. The van der Waals surface area contributed by atoms with Gasteiger partial charge in [-0.15, -0.1) is 0 Å². The van der Waals surface area contributed by atoms with Gasteiger partial charge in [0, 0.05) is 24.4 Å². The van der Waals surface area contributed by atoms with E-state index in [1.807, 2.05) is 86.6 Å². The molecule has 0 saturated heterocycles. The fraction of sp³-hybridized carbons (Fsp3) is 0.174. The topological polar surface area (TPSA) is 38.3 Å². The van der Waals surface area contributed by atoms with Crippen molar-refractivity contribution in [3.8, 4) is 0 Å². The van der Waals surface area contributed by atoms with Crippen molar-refractivity contribution in [2.75, 3.05) is 12.4 Å². The maximum Gasteiger partial charge on any atom is 0.188 e. The Hall–Kier alpha value is -2.91. The van der Waals surface area contributed by atoms with E-state index in [1.54, 1.807) is 13.2 Å². The lowest BCUT2D eigenvalue weighted by Crippen LogP contribution is -2.30. The van der Waals surface area contributed by atoms with Gasteiger partial charge in [-0.25, -0.2) is 0 Å². The Labute approximate surface area is 154 Å². The molecule has 0 atom stereocenters. The fourth-order valence-corrected chi connectivity index (χ4v) is 2.80. The normalized spacial score (nSPS) is 12.2. The van der Waals surface area contributed by atoms with Gasteiger partial charge >= 0.3 is 0 Å². The van der Waals surface area contributed by atoms with E-state index in [0.29, 0.717) is 11.3 Å². The number of ketones is 1. The van der Waals surface area contributed by atoms with E-state index in [4.69, 9.17) is 4.74 Å². The van der Waals surface area contributed by atoms with Crippen LogP contribution >= 0.6 is 0 Å². The van der Waals surface area contributed by atoms with E-state index in [0.717, 1.165) is 16.5 Å². The van der Waals surface area contributed by atoms with Crippen LogP contribution in [0, 0.1) is 0 Å². The van der Waals surface area contributed by atoms with Crippen molar-refractivity contribution >= 4 is 22.2 Å². The number of para-hydroxylation sites is 1. The Morgan fingerprint density at radius 1 is 0.923 bits per heavy atom. The van der Waals surface area contributed by atoms with E-state index < -0.39 is 5.60 Å². The van der Waals surface area contributed by atoms with Crippen LogP contribution in [0.1, 0.15) is 24.2 Å². The fourth-order valence-electron chi connectivity index (χ4n) is 2.80. The number of hydrogen-bond acceptors (Lipinski definition) is 3. The summed E-state index contributed by atoms with van der Waals surface area (Å²) in [6.07, 6.45) is 1.64. The third-order valence-electron chi connectivity index (χ3n) is 4.54. The van der Waals surface area contributed by atoms with Gasteiger partial charge in [0.1, 0.15) is 5.60 Å². The lowest BCUT2D eigenvalue weighted by molar-refractivity contribution is 0.0555. The first-order valence-electron chi connectivity index (χ1n) is 8.63. The zero-order chi connectivity index (χ0) is 18.6. The highest BCUT2D eigenvalue weighted by atomic mass is 16.5. The molecule has 0 heterocycles. The Morgan fingerprint density at radius 3 is 2.31 bits per heavy atom. The molecule has 0 aliphatic carbocycles. The summed E-state index contributed by atoms with van der Waals surface area (Å²) in [5.74, 6) is -0.0506. The number of fused-ring (bicyclic) bond motifs is 1. The molecule has 0 radical (unpaired) electrons. The zero-order valence-corrected chi connectivity index (χ0v) is 15.3. The van der Waals surface area contributed by atoms with Crippen LogP contribution in [0.15, 0.2) is 84.6 Å². The van der Waals surface area contributed by atoms with Crippen LogP contribution in [-0.4, -0.2) is 18.5 Å². The van der Waals surface area contributed by atoms with E-state index >= 15 is 0 Å². The van der Waals surface area contributed by atoms with Gasteiger partial charge in [-0.1, -0.05) is 60.7 Å². The molecule has 0 bridgehead atoms. The average molecular weight is 345 g/mol. The van der Waals surface area contributed by atoms with Crippen molar-refractivity contribution in [3.05, 3.63) is 90.1 Å². The van der Waals surface area contributed by atoms with Crippen LogP contribution < -0.4 is 5.32 Å². The van der Waals surface area contributed by atoms with Crippen LogP contribution in [0.5, 0.6) is 0 Å². The first kappa shape index (κ1) is 17.9.